The number of aromatic nitrogens is 1. The van der Waals surface area contributed by atoms with Crippen molar-refractivity contribution in [1.82, 2.24) is 9.29 Å². The van der Waals surface area contributed by atoms with Crippen LogP contribution in [0.1, 0.15) is 15.2 Å². The zero-order valence-corrected chi connectivity index (χ0v) is 14.6. The molecule has 0 aliphatic rings. The summed E-state index contributed by atoms with van der Waals surface area (Å²) in [4.78, 5) is -0.0159. The van der Waals surface area contributed by atoms with Crippen LogP contribution in [0.5, 0.6) is 0 Å². The summed E-state index contributed by atoms with van der Waals surface area (Å²) in [5.41, 5.74) is 1.02. The van der Waals surface area contributed by atoms with E-state index >= 15 is 0 Å². The van der Waals surface area contributed by atoms with E-state index in [4.69, 9.17) is 4.11 Å². The average molecular weight is 379 g/mol. The molecule has 0 aliphatic carbocycles. The highest BCUT2D eigenvalue weighted by Crippen LogP contribution is 2.29. The van der Waals surface area contributed by atoms with Gasteiger partial charge >= 0.3 is 0 Å². The van der Waals surface area contributed by atoms with Gasteiger partial charge in [-0.05, 0) is 49.8 Å². The second-order valence-electron chi connectivity index (χ2n) is 5.83. The van der Waals surface area contributed by atoms with Crippen LogP contribution < -0.4 is 5.32 Å². The van der Waals surface area contributed by atoms with E-state index in [9.17, 15) is 17.2 Å². The largest absolute Gasteiger partial charge is 0.316 e. The molecule has 0 amide bonds. The van der Waals surface area contributed by atoms with Crippen molar-refractivity contribution in [2.75, 3.05) is 6.98 Å². The quantitative estimate of drug-likeness (QED) is 0.735. The summed E-state index contributed by atoms with van der Waals surface area (Å²) >= 11 is 0. The Morgan fingerprint density at radius 3 is 2.50 bits per heavy atom. The van der Waals surface area contributed by atoms with Gasteiger partial charge in [0, 0.05) is 28.5 Å². The summed E-state index contributed by atoms with van der Waals surface area (Å²) in [5.74, 6) is -1.73. The van der Waals surface area contributed by atoms with Crippen molar-refractivity contribution in [1.29, 1.82) is 0 Å². The van der Waals surface area contributed by atoms with Gasteiger partial charge in [-0.3, -0.25) is 0 Å². The van der Waals surface area contributed by atoms with Crippen LogP contribution in [0.2, 0.25) is 0 Å². The number of halogens is 2. The SMILES string of the molecule is [2H]C([2H])([2H])NCc1cc(-c2ccc(F)cc2F)n(S(=O)(=O)c2ccc(C)cc2)c1. The number of benzene rings is 2. The van der Waals surface area contributed by atoms with Crippen LogP contribution in [-0.4, -0.2) is 19.4 Å². The lowest BCUT2D eigenvalue weighted by atomic mass is 10.1. The van der Waals surface area contributed by atoms with Gasteiger partial charge < -0.3 is 5.32 Å². The fourth-order valence-electron chi connectivity index (χ4n) is 2.61. The molecule has 1 aromatic heterocycles. The molecule has 0 bridgehead atoms. The highest BCUT2D eigenvalue weighted by molar-refractivity contribution is 7.90. The summed E-state index contributed by atoms with van der Waals surface area (Å²) < 4.78 is 76.6. The van der Waals surface area contributed by atoms with E-state index in [-0.39, 0.29) is 22.7 Å². The highest BCUT2D eigenvalue weighted by atomic mass is 32.2. The van der Waals surface area contributed by atoms with Crippen LogP contribution in [0.4, 0.5) is 8.78 Å². The van der Waals surface area contributed by atoms with Crippen LogP contribution in [-0.2, 0) is 16.6 Å². The lowest BCUT2D eigenvalue weighted by Crippen LogP contribution is -2.14. The molecule has 1 heterocycles. The number of nitrogens with zero attached hydrogens (tertiary/aromatic N) is 1. The van der Waals surface area contributed by atoms with Gasteiger partial charge in [0.1, 0.15) is 11.6 Å². The maximum Gasteiger partial charge on any atom is 0.268 e. The first kappa shape index (κ1) is 14.6. The van der Waals surface area contributed by atoms with Crippen LogP contribution in [0, 0.1) is 18.6 Å². The Kier molecular flexibility index (Phi) is 3.95. The molecule has 0 radical (unpaired) electrons. The minimum Gasteiger partial charge on any atom is -0.316 e. The van der Waals surface area contributed by atoms with Gasteiger partial charge in [-0.25, -0.2) is 21.2 Å². The van der Waals surface area contributed by atoms with Gasteiger partial charge in [0.2, 0.25) is 0 Å². The number of hydrogen-bond acceptors (Lipinski definition) is 3. The Hall–Kier alpha value is -2.51. The van der Waals surface area contributed by atoms with E-state index in [1.807, 2.05) is 6.92 Å². The lowest BCUT2D eigenvalue weighted by Gasteiger charge is -2.11. The molecule has 26 heavy (non-hydrogen) atoms. The summed E-state index contributed by atoms with van der Waals surface area (Å²) in [6, 6.07) is 10.3. The molecule has 0 spiro atoms. The van der Waals surface area contributed by atoms with Crippen molar-refractivity contribution in [3.63, 3.8) is 0 Å². The van der Waals surface area contributed by atoms with Crippen molar-refractivity contribution < 1.29 is 21.3 Å². The maximum atomic E-state index is 14.4. The van der Waals surface area contributed by atoms with E-state index in [1.165, 1.54) is 24.4 Å². The molecule has 1 N–H and O–H groups in total. The topological polar surface area (TPSA) is 51.1 Å². The van der Waals surface area contributed by atoms with Crippen molar-refractivity contribution in [2.24, 2.45) is 0 Å². The predicted molar refractivity (Wildman–Crippen MR) is 96.3 cm³/mol. The van der Waals surface area contributed by atoms with E-state index < -0.39 is 28.6 Å². The molecular formula is C19H18F2N2O2S. The smallest absolute Gasteiger partial charge is 0.268 e. The first-order chi connectivity index (χ1) is 13.5. The maximum absolute atomic E-state index is 14.4. The van der Waals surface area contributed by atoms with Crippen LogP contribution >= 0.6 is 0 Å². The Bertz CT molecular complexity index is 1140. The third kappa shape index (κ3) is 3.40. The van der Waals surface area contributed by atoms with Crippen LogP contribution in [0.15, 0.2) is 59.6 Å². The standard InChI is InChI=1S/C19H18F2N2O2S/c1-13-3-6-16(7-4-13)26(24,25)23-12-14(11-22-2)9-19(23)17-8-5-15(20)10-18(17)21/h3-10,12,22H,11H2,1-2H3/i2D3. The number of hydrogen-bond donors (Lipinski definition) is 1. The van der Waals surface area contributed by atoms with Gasteiger partial charge in [-0.2, -0.15) is 0 Å². The molecule has 0 fully saturated rings. The third-order valence-electron chi connectivity index (χ3n) is 3.92. The Balaban J connectivity index is 2.15. The molecule has 3 aromatic rings. The molecule has 0 aliphatic heterocycles. The molecular weight excluding hydrogens is 358 g/mol. The molecule has 3 rings (SSSR count). The fraction of sp³-hybridized carbons (Fsp3) is 0.158. The van der Waals surface area contributed by atoms with Crippen molar-refractivity contribution >= 4 is 10.0 Å². The van der Waals surface area contributed by atoms with Gasteiger partial charge in [0.25, 0.3) is 10.0 Å². The van der Waals surface area contributed by atoms with Crippen molar-refractivity contribution in [3.8, 4) is 11.3 Å². The molecule has 0 unspecified atom stereocenters. The van der Waals surface area contributed by atoms with Crippen LogP contribution in [0.25, 0.3) is 11.3 Å². The summed E-state index contributed by atoms with van der Waals surface area (Å²) in [5, 5.41) is 2.29. The average Bonchev–Trinajstić information content (AvgIpc) is 3.05. The molecule has 0 saturated heterocycles. The van der Waals surface area contributed by atoms with Gasteiger partial charge in [-0.1, -0.05) is 17.7 Å². The Morgan fingerprint density at radius 2 is 1.85 bits per heavy atom. The second kappa shape index (κ2) is 7.01. The first-order valence-corrected chi connectivity index (χ1v) is 9.15. The fourth-order valence-corrected chi connectivity index (χ4v) is 4.00. The molecule has 4 nitrogen and oxygen atoms in total. The molecule has 0 atom stereocenters. The molecule has 2 aromatic carbocycles. The van der Waals surface area contributed by atoms with E-state index in [1.54, 1.807) is 12.1 Å². The Labute approximate surface area is 155 Å². The van der Waals surface area contributed by atoms with Crippen LogP contribution in [0.3, 0.4) is 0 Å². The molecule has 0 saturated carbocycles. The summed E-state index contributed by atoms with van der Waals surface area (Å²) in [6.07, 6.45) is 1.23. The zero-order chi connectivity index (χ0) is 21.4. The molecule has 136 valence electrons. The minimum atomic E-state index is -4.11. The first-order valence-electron chi connectivity index (χ1n) is 9.21. The van der Waals surface area contributed by atoms with E-state index in [0.29, 0.717) is 11.6 Å². The van der Waals surface area contributed by atoms with Gasteiger partial charge in [0.15, 0.2) is 0 Å². The van der Waals surface area contributed by atoms with Gasteiger partial charge in [-0.15, -0.1) is 0 Å². The van der Waals surface area contributed by atoms with Crippen molar-refractivity contribution in [2.45, 2.75) is 18.4 Å². The minimum absolute atomic E-state index is 0.0159. The van der Waals surface area contributed by atoms with E-state index in [2.05, 4.69) is 5.32 Å². The van der Waals surface area contributed by atoms with Gasteiger partial charge in [0.05, 0.1) is 10.6 Å². The highest BCUT2D eigenvalue weighted by Gasteiger charge is 2.23. The zero-order valence-electron chi connectivity index (χ0n) is 16.8. The number of aryl methyl sites for hydroxylation is 1. The third-order valence-corrected chi connectivity index (χ3v) is 5.61. The van der Waals surface area contributed by atoms with E-state index in [0.717, 1.165) is 21.7 Å². The second-order valence-corrected chi connectivity index (χ2v) is 7.64. The normalized spacial score (nSPS) is 13.9. The number of nitrogens with one attached hydrogen (secondary N) is 1. The predicted octanol–water partition coefficient (Wildman–Crippen LogP) is 3.70. The summed E-state index contributed by atoms with van der Waals surface area (Å²) in [6.45, 7) is -0.786. The number of rotatable bonds is 5. The molecule has 7 heteroatoms. The van der Waals surface area contributed by atoms with Crippen molar-refractivity contribution in [3.05, 3.63) is 77.5 Å². The summed E-state index contributed by atoms with van der Waals surface area (Å²) in [7, 11) is -4.11. The lowest BCUT2D eigenvalue weighted by molar-refractivity contribution is 0.583. The monoisotopic (exact) mass is 379 g/mol. The Morgan fingerprint density at radius 1 is 1.12 bits per heavy atom.